The molecule has 2 heterocycles. The first-order valence-corrected chi connectivity index (χ1v) is 16.1. The summed E-state index contributed by atoms with van der Waals surface area (Å²) >= 11 is 0. The van der Waals surface area contributed by atoms with E-state index >= 15 is 0 Å². The van der Waals surface area contributed by atoms with Crippen molar-refractivity contribution in [2.45, 2.75) is 69.7 Å². The van der Waals surface area contributed by atoms with Crippen molar-refractivity contribution in [3.63, 3.8) is 0 Å². The summed E-state index contributed by atoms with van der Waals surface area (Å²) in [4.78, 5) is 52.3. The van der Waals surface area contributed by atoms with Gasteiger partial charge in [-0.25, -0.2) is 4.68 Å². The van der Waals surface area contributed by atoms with Crippen molar-refractivity contribution < 1.29 is 33.8 Å². The number of carbonyl (C=O) groups excluding carboxylic acids is 3. The highest BCUT2D eigenvalue weighted by atomic mass is 16.6. The van der Waals surface area contributed by atoms with Crippen molar-refractivity contribution in [3.05, 3.63) is 84.2 Å². The number of aliphatic carboxylic acids is 1. The van der Waals surface area contributed by atoms with E-state index in [4.69, 9.17) is 9.47 Å². The van der Waals surface area contributed by atoms with E-state index in [2.05, 4.69) is 22.2 Å². The van der Waals surface area contributed by atoms with Crippen LogP contribution >= 0.6 is 0 Å². The zero-order chi connectivity index (χ0) is 32.9. The first-order valence-electron chi connectivity index (χ1n) is 16.1. The summed E-state index contributed by atoms with van der Waals surface area (Å²) in [6.45, 7) is 7.54. The van der Waals surface area contributed by atoms with Gasteiger partial charge in [-0.2, -0.15) is 0 Å². The van der Waals surface area contributed by atoms with E-state index in [1.54, 1.807) is 17.8 Å². The molecule has 4 bridgehead atoms. The first-order chi connectivity index (χ1) is 22.4. The van der Waals surface area contributed by atoms with Crippen LogP contribution in [0.15, 0.2) is 73.0 Å². The quantitative estimate of drug-likeness (QED) is 0.289. The number of ether oxygens (including phenoxy) is 2. The van der Waals surface area contributed by atoms with E-state index in [0.717, 1.165) is 21.9 Å². The first kappa shape index (κ1) is 29.6. The Kier molecular flexibility index (Phi) is 6.20. The molecule has 3 saturated carbocycles. The number of fused-ring (bicyclic) bond motifs is 2. The van der Waals surface area contributed by atoms with Gasteiger partial charge in [0.1, 0.15) is 16.9 Å². The average Bonchev–Trinajstić information content (AvgIpc) is 3.68. The number of carboxylic acids is 1. The van der Waals surface area contributed by atoms with E-state index in [-0.39, 0.29) is 24.8 Å². The minimum atomic E-state index is -1.26. The standard InChI is InChI=1S/C36H36N4O7/c1-20-16-34-19-35(20,46-21(2)41)13-11-26(34)36-14-12-27(33(3,32(45)47-36)30(36)29(34)31(43)44)40-18-24(38-39-40)17-37-28(42)15-23-9-6-8-22-7-4-5-10-25(22)23/h4-10,12,14,18,26-27,29-30H,1,11,13,15-17,19H2,2-3H3,(H,37,42)(H,43,44)/t26-,27+,29-,30-,33-,34+,35+,36-/m1/s1. The van der Waals surface area contributed by atoms with Crippen molar-refractivity contribution in [2.24, 2.45) is 28.6 Å². The van der Waals surface area contributed by atoms with Crippen LogP contribution in [0, 0.1) is 28.6 Å². The van der Waals surface area contributed by atoms with Gasteiger partial charge in [-0.3, -0.25) is 19.2 Å². The zero-order valence-corrected chi connectivity index (χ0v) is 26.3. The second-order valence-electron chi connectivity index (χ2n) is 14.3. The topological polar surface area (TPSA) is 150 Å². The normalized spacial score (nSPS) is 36.1. The van der Waals surface area contributed by atoms with E-state index in [0.29, 0.717) is 31.4 Å². The van der Waals surface area contributed by atoms with Crippen LogP contribution in [0.5, 0.6) is 0 Å². The number of hydrogen-bond acceptors (Lipinski definition) is 8. The maximum absolute atomic E-state index is 13.9. The Balaban J connectivity index is 1.06. The molecular weight excluding hydrogens is 600 g/mol. The number of carbonyl (C=O) groups is 4. The monoisotopic (exact) mass is 636 g/mol. The van der Waals surface area contributed by atoms with Crippen molar-refractivity contribution >= 4 is 34.6 Å². The Morgan fingerprint density at radius 1 is 1.19 bits per heavy atom. The lowest BCUT2D eigenvalue weighted by atomic mass is 9.60. The van der Waals surface area contributed by atoms with Gasteiger partial charge in [0.2, 0.25) is 5.91 Å². The number of aromatic nitrogens is 3. The van der Waals surface area contributed by atoms with Crippen LogP contribution in [-0.4, -0.2) is 55.1 Å². The Morgan fingerprint density at radius 2 is 1.98 bits per heavy atom. The molecular formula is C36H36N4O7. The van der Waals surface area contributed by atoms with Crippen molar-refractivity contribution in [1.29, 1.82) is 0 Å². The number of hydrogen-bond donors (Lipinski definition) is 2. The highest BCUT2D eigenvalue weighted by Gasteiger charge is 2.84. The van der Waals surface area contributed by atoms with Gasteiger partial charge < -0.3 is 19.9 Å². The van der Waals surface area contributed by atoms with Crippen LogP contribution in [0.1, 0.15) is 56.8 Å². The minimum absolute atomic E-state index is 0.137. The second kappa shape index (κ2) is 9.85. The van der Waals surface area contributed by atoms with Crippen LogP contribution < -0.4 is 5.32 Å². The molecule has 0 radical (unpaired) electrons. The van der Waals surface area contributed by atoms with Crippen LogP contribution in [0.4, 0.5) is 0 Å². The molecule has 11 nitrogen and oxygen atoms in total. The number of amides is 1. The molecule has 5 aliphatic rings. The highest BCUT2D eigenvalue weighted by molar-refractivity contribution is 5.90. The van der Waals surface area contributed by atoms with E-state index in [9.17, 15) is 24.3 Å². The summed E-state index contributed by atoms with van der Waals surface area (Å²) in [5, 5.41) is 24.5. The fraction of sp³-hybridized carbons (Fsp3) is 0.444. The number of benzene rings is 2. The maximum Gasteiger partial charge on any atom is 0.315 e. The van der Waals surface area contributed by atoms with Crippen molar-refractivity contribution in [2.75, 3.05) is 0 Å². The smallest absolute Gasteiger partial charge is 0.315 e. The van der Waals surface area contributed by atoms with Gasteiger partial charge in [-0.05, 0) is 66.0 Å². The van der Waals surface area contributed by atoms with Crippen LogP contribution in [-0.2, 0) is 41.6 Å². The molecule has 1 saturated heterocycles. The van der Waals surface area contributed by atoms with Gasteiger partial charge in [-0.15, -0.1) is 5.10 Å². The predicted molar refractivity (Wildman–Crippen MR) is 167 cm³/mol. The molecule has 1 aromatic heterocycles. The summed E-state index contributed by atoms with van der Waals surface area (Å²) in [5.74, 6) is -3.95. The number of rotatable bonds is 7. The number of esters is 2. The minimum Gasteiger partial charge on any atom is -0.481 e. The maximum atomic E-state index is 13.9. The van der Waals surface area contributed by atoms with E-state index < -0.39 is 57.8 Å². The number of carboxylic acid groups (broad SMARTS) is 1. The molecule has 47 heavy (non-hydrogen) atoms. The van der Waals surface area contributed by atoms with Crippen molar-refractivity contribution in [1.82, 2.24) is 20.3 Å². The molecule has 4 fully saturated rings. The van der Waals surface area contributed by atoms with Gasteiger partial charge in [0.05, 0.1) is 36.5 Å². The zero-order valence-electron chi connectivity index (χ0n) is 26.3. The fourth-order valence-electron chi connectivity index (χ4n) is 10.3. The van der Waals surface area contributed by atoms with E-state index in [1.807, 2.05) is 54.6 Å². The molecule has 1 amide bonds. The Morgan fingerprint density at radius 3 is 2.77 bits per heavy atom. The summed E-state index contributed by atoms with van der Waals surface area (Å²) in [7, 11) is 0. The Bertz CT molecular complexity index is 1930. The second-order valence-corrected chi connectivity index (χ2v) is 14.3. The molecule has 3 aromatic rings. The summed E-state index contributed by atoms with van der Waals surface area (Å²) in [5.41, 5.74) is -1.90. The van der Waals surface area contributed by atoms with E-state index in [1.165, 1.54) is 6.92 Å². The molecule has 4 aliphatic carbocycles. The number of nitrogens with one attached hydrogen (secondary N) is 1. The third-order valence-electron chi connectivity index (χ3n) is 12.0. The van der Waals surface area contributed by atoms with Crippen LogP contribution in [0.25, 0.3) is 10.8 Å². The lowest BCUT2D eigenvalue weighted by molar-refractivity contribution is -0.167. The summed E-state index contributed by atoms with van der Waals surface area (Å²) in [6, 6.07) is 13.1. The molecule has 242 valence electrons. The largest absolute Gasteiger partial charge is 0.481 e. The van der Waals surface area contributed by atoms with Gasteiger partial charge in [-0.1, -0.05) is 60.3 Å². The predicted octanol–water partition coefficient (Wildman–Crippen LogP) is 4.08. The van der Waals surface area contributed by atoms with Gasteiger partial charge in [0.15, 0.2) is 0 Å². The Labute approximate surface area is 271 Å². The SMILES string of the molecule is C=C1C[C@]23C[C@@]1(OC(C)=O)CC[C@H]2[C@@]12C=C[C@H](n4cc(CNC(=O)Cc5cccc6ccccc56)nn4)[C@@](C)(C(=O)O1)[C@H]2[C@@H]3C(=O)O. The van der Waals surface area contributed by atoms with Crippen molar-refractivity contribution in [3.8, 4) is 0 Å². The fourth-order valence-corrected chi connectivity index (χ4v) is 10.3. The summed E-state index contributed by atoms with van der Waals surface area (Å²) < 4.78 is 13.8. The highest BCUT2D eigenvalue weighted by Crippen LogP contribution is 2.78. The lowest BCUT2D eigenvalue weighted by Crippen LogP contribution is -2.49. The summed E-state index contributed by atoms with van der Waals surface area (Å²) in [6.07, 6.45) is 7.45. The van der Waals surface area contributed by atoms with Gasteiger partial charge in [0.25, 0.3) is 0 Å². The van der Waals surface area contributed by atoms with Gasteiger partial charge in [0, 0.05) is 18.8 Å². The third kappa shape index (κ3) is 3.91. The Hall–Kier alpha value is -4.80. The molecule has 8 atom stereocenters. The molecule has 0 unspecified atom stereocenters. The average molecular weight is 637 g/mol. The lowest BCUT2D eigenvalue weighted by Gasteiger charge is -2.45. The number of nitrogens with zero attached hydrogens (tertiary/aromatic N) is 3. The molecule has 1 spiro atoms. The van der Waals surface area contributed by atoms with Gasteiger partial charge >= 0.3 is 17.9 Å². The number of allylic oxidation sites excluding steroid dienone is 1. The molecule has 2 aromatic carbocycles. The van der Waals surface area contributed by atoms with Crippen LogP contribution in [0.3, 0.4) is 0 Å². The molecule has 1 aliphatic heterocycles. The molecule has 11 heteroatoms. The van der Waals surface area contributed by atoms with Crippen LogP contribution in [0.2, 0.25) is 0 Å². The third-order valence-corrected chi connectivity index (χ3v) is 12.0. The molecule has 2 N–H and O–H groups in total. The molecule has 8 rings (SSSR count).